The van der Waals surface area contributed by atoms with E-state index < -0.39 is 5.56 Å². The molecule has 0 radical (unpaired) electrons. The highest BCUT2D eigenvalue weighted by Gasteiger charge is 2.05. The fraction of sp³-hybridized carbons (Fsp3) is 0.400. The van der Waals surface area contributed by atoms with Gasteiger partial charge in [-0.25, -0.2) is 4.79 Å². The normalized spacial score (nSPS) is 10.1. The van der Waals surface area contributed by atoms with Crippen LogP contribution in [0.3, 0.4) is 0 Å². The van der Waals surface area contributed by atoms with Gasteiger partial charge in [0.15, 0.2) is 0 Å². The number of hydrogen-bond donors (Lipinski definition) is 1. The van der Waals surface area contributed by atoms with Crippen molar-refractivity contribution in [2.75, 3.05) is 5.73 Å². The third-order valence-corrected chi connectivity index (χ3v) is 2.04. The Bertz CT molecular complexity index is 470. The largest absolute Gasteiger partial charge is 0.393 e. The van der Waals surface area contributed by atoms with Crippen molar-refractivity contribution in [2.24, 2.45) is 7.05 Å². The van der Waals surface area contributed by atoms with Crippen LogP contribution in [0.15, 0.2) is 27.4 Å². The van der Waals surface area contributed by atoms with Gasteiger partial charge >= 0.3 is 5.69 Å². The van der Waals surface area contributed by atoms with Crippen LogP contribution in [-0.4, -0.2) is 9.13 Å². The molecule has 0 amide bonds. The van der Waals surface area contributed by atoms with Crippen molar-refractivity contribution in [1.82, 2.24) is 9.13 Å². The Morgan fingerprint density at radius 3 is 2.60 bits per heavy atom. The molecule has 0 spiro atoms. The minimum absolute atomic E-state index is 0.0826. The quantitative estimate of drug-likeness (QED) is 0.702. The Balaban J connectivity index is 3.34. The predicted octanol–water partition coefficient (Wildman–Crippen LogP) is 0.0954. The van der Waals surface area contributed by atoms with Gasteiger partial charge in [-0.15, -0.1) is 0 Å². The topological polar surface area (TPSA) is 70.0 Å². The molecule has 82 valence electrons. The van der Waals surface area contributed by atoms with E-state index in [1.807, 2.05) is 19.9 Å². The number of aryl methyl sites for hydroxylation is 1. The van der Waals surface area contributed by atoms with Crippen molar-refractivity contribution in [3.05, 3.63) is 38.7 Å². The molecule has 5 nitrogen and oxygen atoms in total. The van der Waals surface area contributed by atoms with E-state index in [4.69, 9.17) is 5.73 Å². The number of hydrogen-bond acceptors (Lipinski definition) is 3. The molecule has 0 aliphatic rings. The maximum absolute atomic E-state index is 11.6. The number of aromatic nitrogens is 2. The first-order valence-corrected chi connectivity index (χ1v) is 4.62. The summed E-state index contributed by atoms with van der Waals surface area (Å²) in [7, 11) is 1.57. The van der Waals surface area contributed by atoms with Gasteiger partial charge in [-0.1, -0.05) is 11.6 Å². The van der Waals surface area contributed by atoms with Crippen LogP contribution in [0, 0.1) is 0 Å². The SMILES string of the molecule is CC(C)=CCn1c(=O)c(N)cn(C)c1=O. The summed E-state index contributed by atoms with van der Waals surface area (Å²) in [6.07, 6.45) is 3.14. The summed E-state index contributed by atoms with van der Waals surface area (Å²) in [5.41, 5.74) is 5.82. The lowest BCUT2D eigenvalue weighted by Crippen LogP contribution is -2.39. The molecule has 1 aromatic heterocycles. The first-order valence-electron chi connectivity index (χ1n) is 4.62. The molecule has 0 atom stereocenters. The molecule has 0 unspecified atom stereocenters. The van der Waals surface area contributed by atoms with Gasteiger partial charge in [0.2, 0.25) is 0 Å². The van der Waals surface area contributed by atoms with E-state index in [0.29, 0.717) is 0 Å². The lowest BCUT2D eigenvalue weighted by molar-refractivity contribution is 0.650. The molecule has 0 saturated carbocycles. The van der Waals surface area contributed by atoms with Gasteiger partial charge in [-0.2, -0.15) is 0 Å². The zero-order chi connectivity index (χ0) is 11.6. The highest BCUT2D eigenvalue weighted by Crippen LogP contribution is 1.91. The van der Waals surface area contributed by atoms with Crippen LogP contribution < -0.4 is 17.0 Å². The molecule has 0 aliphatic carbocycles. The summed E-state index contributed by atoms with van der Waals surface area (Å²) in [5, 5.41) is 0. The van der Waals surface area contributed by atoms with Crippen LogP contribution in [0.5, 0.6) is 0 Å². The molecular formula is C10H15N3O2. The smallest absolute Gasteiger partial charge is 0.331 e. The Morgan fingerprint density at radius 2 is 2.07 bits per heavy atom. The van der Waals surface area contributed by atoms with E-state index in [-0.39, 0.29) is 17.9 Å². The molecule has 0 fully saturated rings. The molecule has 0 bridgehead atoms. The van der Waals surface area contributed by atoms with E-state index in [1.165, 1.54) is 10.8 Å². The van der Waals surface area contributed by atoms with Gasteiger partial charge in [0.05, 0.1) is 0 Å². The van der Waals surface area contributed by atoms with Crippen LogP contribution in [0.1, 0.15) is 13.8 Å². The molecule has 15 heavy (non-hydrogen) atoms. The molecular weight excluding hydrogens is 194 g/mol. The summed E-state index contributed by atoms with van der Waals surface area (Å²) in [6, 6.07) is 0. The minimum atomic E-state index is -0.435. The van der Waals surface area contributed by atoms with Crippen molar-refractivity contribution in [2.45, 2.75) is 20.4 Å². The lowest BCUT2D eigenvalue weighted by atomic mass is 10.3. The highest BCUT2D eigenvalue weighted by atomic mass is 16.2. The van der Waals surface area contributed by atoms with Gasteiger partial charge in [0, 0.05) is 19.8 Å². The molecule has 0 saturated heterocycles. The number of rotatable bonds is 2. The Labute approximate surface area is 87.5 Å². The van der Waals surface area contributed by atoms with E-state index in [2.05, 4.69) is 0 Å². The van der Waals surface area contributed by atoms with Crippen LogP contribution in [0.4, 0.5) is 5.69 Å². The summed E-state index contributed by atoms with van der Waals surface area (Å²) < 4.78 is 2.41. The summed E-state index contributed by atoms with van der Waals surface area (Å²) in [6.45, 7) is 4.07. The zero-order valence-corrected chi connectivity index (χ0v) is 9.15. The molecule has 2 N–H and O–H groups in total. The molecule has 1 heterocycles. The maximum atomic E-state index is 11.6. The van der Waals surface area contributed by atoms with Crippen molar-refractivity contribution >= 4 is 5.69 Å². The second-order valence-electron chi connectivity index (χ2n) is 3.68. The number of allylic oxidation sites excluding steroid dienone is 2. The first-order chi connectivity index (χ1) is 6.93. The van der Waals surface area contributed by atoms with E-state index in [0.717, 1.165) is 10.1 Å². The molecule has 5 heteroatoms. The van der Waals surface area contributed by atoms with Gasteiger partial charge < -0.3 is 10.3 Å². The number of nitrogen functional groups attached to an aromatic ring is 1. The molecule has 0 aliphatic heterocycles. The maximum Gasteiger partial charge on any atom is 0.331 e. The van der Waals surface area contributed by atoms with E-state index in [9.17, 15) is 9.59 Å². The van der Waals surface area contributed by atoms with Crippen LogP contribution in [0.2, 0.25) is 0 Å². The minimum Gasteiger partial charge on any atom is -0.393 e. The van der Waals surface area contributed by atoms with Crippen molar-refractivity contribution in [1.29, 1.82) is 0 Å². The fourth-order valence-corrected chi connectivity index (χ4v) is 1.19. The second-order valence-corrected chi connectivity index (χ2v) is 3.68. The predicted molar refractivity (Wildman–Crippen MR) is 59.8 cm³/mol. The number of nitrogens with two attached hydrogens (primary N) is 1. The summed E-state index contributed by atoms with van der Waals surface area (Å²) in [5.74, 6) is 0. The van der Waals surface area contributed by atoms with Crippen LogP contribution >= 0.6 is 0 Å². The monoisotopic (exact) mass is 209 g/mol. The van der Waals surface area contributed by atoms with Gasteiger partial charge in [-0.3, -0.25) is 9.36 Å². The van der Waals surface area contributed by atoms with Crippen molar-refractivity contribution in [3.8, 4) is 0 Å². The average molecular weight is 209 g/mol. The third-order valence-electron chi connectivity index (χ3n) is 2.04. The third kappa shape index (κ3) is 2.37. The first kappa shape index (κ1) is 11.3. The second kappa shape index (κ2) is 4.16. The van der Waals surface area contributed by atoms with Gasteiger partial charge in [0.1, 0.15) is 5.69 Å². The van der Waals surface area contributed by atoms with Crippen molar-refractivity contribution in [3.63, 3.8) is 0 Å². The summed E-state index contributed by atoms with van der Waals surface area (Å²) in [4.78, 5) is 23.1. The van der Waals surface area contributed by atoms with Crippen LogP contribution in [-0.2, 0) is 13.6 Å². The average Bonchev–Trinajstić information content (AvgIpc) is 2.14. The van der Waals surface area contributed by atoms with Crippen LogP contribution in [0.25, 0.3) is 0 Å². The van der Waals surface area contributed by atoms with E-state index >= 15 is 0 Å². The molecule has 1 rings (SSSR count). The van der Waals surface area contributed by atoms with Gasteiger partial charge in [-0.05, 0) is 13.8 Å². The molecule has 1 aromatic rings. The Morgan fingerprint density at radius 1 is 1.47 bits per heavy atom. The van der Waals surface area contributed by atoms with Gasteiger partial charge in [0.25, 0.3) is 5.56 Å². The standard InChI is InChI=1S/C10H15N3O2/c1-7(2)4-5-13-9(14)8(11)6-12(3)10(13)15/h4,6H,5,11H2,1-3H3. The lowest BCUT2D eigenvalue weighted by Gasteiger charge is -2.05. The molecule has 0 aromatic carbocycles. The zero-order valence-electron chi connectivity index (χ0n) is 9.15. The summed E-state index contributed by atoms with van der Waals surface area (Å²) >= 11 is 0. The highest BCUT2D eigenvalue weighted by molar-refractivity contribution is 5.30. The van der Waals surface area contributed by atoms with Crippen molar-refractivity contribution < 1.29 is 0 Å². The fourth-order valence-electron chi connectivity index (χ4n) is 1.19. The Hall–Kier alpha value is -1.78. The number of nitrogens with zero attached hydrogens (tertiary/aromatic N) is 2. The Kier molecular flexibility index (Phi) is 3.14. The number of anilines is 1. The van der Waals surface area contributed by atoms with E-state index in [1.54, 1.807) is 7.05 Å².